The van der Waals surface area contributed by atoms with Crippen LogP contribution >= 0.6 is 34.5 Å². The number of thiophene rings is 1. The predicted molar refractivity (Wildman–Crippen MR) is 113 cm³/mol. The summed E-state index contributed by atoms with van der Waals surface area (Å²) >= 11 is 12.8. The monoisotopic (exact) mass is 475 g/mol. The number of benzene rings is 1. The molecule has 0 spiro atoms. The fourth-order valence-electron chi connectivity index (χ4n) is 2.92. The van der Waals surface area contributed by atoms with Crippen LogP contribution in [0, 0.1) is 0 Å². The van der Waals surface area contributed by atoms with Crippen LogP contribution in [0.3, 0.4) is 0 Å². The molecule has 0 unspecified atom stereocenters. The van der Waals surface area contributed by atoms with Gasteiger partial charge in [0.15, 0.2) is 0 Å². The number of piperazine rings is 1. The smallest absolute Gasteiger partial charge is 0.252 e. The zero-order chi connectivity index (χ0) is 21.0. The van der Waals surface area contributed by atoms with Gasteiger partial charge in [-0.3, -0.25) is 9.59 Å². The molecule has 1 aliphatic rings. The van der Waals surface area contributed by atoms with Crippen molar-refractivity contribution >= 4 is 56.4 Å². The van der Waals surface area contributed by atoms with Gasteiger partial charge in [-0.05, 0) is 24.3 Å². The second-order valence-corrected chi connectivity index (χ2v) is 10.6. The number of nitrogens with zero attached hydrogens (tertiary/aromatic N) is 2. The summed E-state index contributed by atoms with van der Waals surface area (Å²) in [6, 6.07) is 9.72. The molecule has 0 bridgehead atoms. The van der Waals surface area contributed by atoms with Crippen LogP contribution < -0.4 is 5.32 Å². The average molecular weight is 476 g/mol. The quantitative estimate of drug-likeness (QED) is 0.695. The van der Waals surface area contributed by atoms with E-state index < -0.39 is 10.0 Å². The molecule has 7 nitrogen and oxygen atoms in total. The number of rotatable bonds is 6. The molecule has 1 N–H and O–H groups in total. The fraction of sp³-hybridized carbons (Fsp3) is 0.333. The van der Waals surface area contributed by atoms with E-state index in [0.29, 0.717) is 28.0 Å². The molecular weight excluding hydrogens is 457 g/mol. The predicted octanol–water partition coefficient (Wildman–Crippen LogP) is 2.71. The van der Waals surface area contributed by atoms with Crippen molar-refractivity contribution in [1.82, 2.24) is 14.5 Å². The van der Waals surface area contributed by atoms with Crippen LogP contribution in [-0.4, -0.2) is 62.2 Å². The first-order valence-corrected chi connectivity index (χ1v) is 11.9. The van der Waals surface area contributed by atoms with Crippen LogP contribution in [0.1, 0.15) is 16.8 Å². The second kappa shape index (κ2) is 9.44. The van der Waals surface area contributed by atoms with E-state index in [1.807, 2.05) is 0 Å². The van der Waals surface area contributed by atoms with Gasteiger partial charge in [-0.1, -0.05) is 35.3 Å². The molecule has 1 fully saturated rings. The van der Waals surface area contributed by atoms with Crippen LogP contribution in [0.25, 0.3) is 0 Å². The molecule has 1 aliphatic heterocycles. The fourth-order valence-corrected chi connectivity index (χ4v) is 6.20. The van der Waals surface area contributed by atoms with Gasteiger partial charge in [-0.2, -0.15) is 4.31 Å². The maximum absolute atomic E-state index is 12.6. The summed E-state index contributed by atoms with van der Waals surface area (Å²) in [6.07, 6.45) is 0.128. The molecule has 1 aromatic heterocycles. The highest BCUT2D eigenvalue weighted by Crippen LogP contribution is 2.28. The number of carbonyl (C=O) groups excluding carboxylic acids is 2. The van der Waals surface area contributed by atoms with E-state index >= 15 is 0 Å². The number of sulfonamides is 1. The molecular formula is C18H19Cl2N3O4S2. The van der Waals surface area contributed by atoms with Gasteiger partial charge in [0.25, 0.3) is 15.9 Å². The normalized spacial score (nSPS) is 15.3. The van der Waals surface area contributed by atoms with Gasteiger partial charge in [-0.25, -0.2) is 8.42 Å². The Kier molecular flexibility index (Phi) is 7.18. The topological polar surface area (TPSA) is 86.8 Å². The van der Waals surface area contributed by atoms with Crippen molar-refractivity contribution in [1.29, 1.82) is 0 Å². The molecule has 2 heterocycles. The maximum Gasteiger partial charge on any atom is 0.252 e. The average Bonchev–Trinajstić information content (AvgIpc) is 3.15. The van der Waals surface area contributed by atoms with Crippen molar-refractivity contribution in [2.75, 3.05) is 32.7 Å². The van der Waals surface area contributed by atoms with Gasteiger partial charge in [0.1, 0.15) is 4.21 Å². The summed E-state index contributed by atoms with van der Waals surface area (Å²) in [7, 11) is -3.59. The zero-order valence-corrected chi connectivity index (χ0v) is 18.5. The van der Waals surface area contributed by atoms with Gasteiger partial charge >= 0.3 is 0 Å². The molecule has 2 amide bonds. The van der Waals surface area contributed by atoms with Gasteiger partial charge < -0.3 is 10.2 Å². The second-order valence-electron chi connectivity index (χ2n) is 6.33. The third kappa shape index (κ3) is 5.29. The molecule has 0 saturated carbocycles. The third-order valence-corrected chi connectivity index (χ3v) is 8.40. The molecule has 11 heteroatoms. The van der Waals surface area contributed by atoms with Gasteiger partial charge in [0.2, 0.25) is 5.91 Å². The molecule has 3 rings (SSSR count). The van der Waals surface area contributed by atoms with Crippen molar-refractivity contribution in [2.45, 2.75) is 10.6 Å². The molecule has 1 aromatic carbocycles. The first-order chi connectivity index (χ1) is 13.8. The molecule has 0 aliphatic carbocycles. The summed E-state index contributed by atoms with van der Waals surface area (Å²) in [5.74, 6) is -0.477. The van der Waals surface area contributed by atoms with Gasteiger partial charge in [0, 0.05) is 39.1 Å². The number of halogens is 2. The molecule has 0 atom stereocenters. The standard InChI is InChI=1S/C18H19Cl2N3O4S2/c19-14-4-2-1-3-13(14)18(25)21-8-7-16(24)22-9-11-23(12-10-22)29(26,27)17-6-5-15(20)28-17/h1-6H,7-12H2,(H,21,25). The van der Waals surface area contributed by atoms with Crippen molar-refractivity contribution in [2.24, 2.45) is 0 Å². The number of amides is 2. The SMILES string of the molecule is O=C(NCCC(=O)N1CCN(S(=O)(=O)c2ccc(Cl)s2)CC1)c1ccccc1Cl. The number of hydrogen-bond donors (Lipinski definition) is 1. The minimum absolute atomic E-state index is 0.128. The van der Waals surface area contributed by atoms with E-state index in [0.717, 1.165) is 11.3 Å². The highest BCUT2D eigenvalue weighted by atomic mass is 35.5. The van der Waals surface area contributed by atoms with Crippen LogP contribution in [0.15, 0.2) is 40.6 Å². The van der Waals surface area contributed by atoms with E-state index in [1.54, 1.807) is 35.2 Å². The van der Waals surface area contributed by atoms with Crippen molar-refractivity contribution in [3.05, 3.63) is 51.3 Å². The Morgan fingerprint density at radius 3 is 2.34 bits per heavy atom. The van der Waals surface area contributed by atoms with Crippen LogP contribution in [-0.2, 0) is 14.8 Å². The van der Waals surface area contributed by atoms with Crippen LogP contribution in [0.5, 0.6) is 0 Å². The minimum atomic E-state index is -3.59. The highest BCUT2D eigenvalue weighted by molar-refractivity contribution is 7.91. The largest absolute Gasteiger partial charge is 0.351 e. The van der Waals surface area contributed by atoms with E-state index in [2.05, 4.69) is 5.32 Å². The Labute approximate surface area is 183 Å². The molecule has 2 aromatic rings. The van der Waals surface area contributed by atoms with Gasteiger partial charge in [0.05, 0.1) is 14.9 Å². The zero-order valence-electron chi connectivity index (χ0n) is 15.3. The Morgan fingerprint density at radius 2 is 1.72 bits per heavy atom. The number of nitrogens with one attached hydrogen (secondary N) is 1. The minimum Gasteiger partial charge on any atom is -0.351 e. The summed E-state index contributed by atoms with van der Waals surface area (Å²) in [5.41, 5.74) is 0.356. The summed E-state index contributed by atoms with van der Waals surface area (Å²) in [6.45, 7) is 1.21. The van der Waals surface area contributed by atoms with Gasteiger partial charge in [-0.15, -0.1) is 11.3 Å². The summed E-state index contributed by atoms with van der Waals surface area (Å²) < 4.78 is 27.2. The summed E-state index contributed by atoms with van der Waals surface area (Å²) in [5, 5.41) is 3.03. The van der Waals surface area contributed by atoms with Crippen molar-refractivity contribution in [3.63, 3.8) is 0 Å². The van der Waals surface area contributed by atoms with E-state index in [-0.39, 0.29) is 42.1 Å². The Hall–Kier alpha value is -1.65. The first-order valence-electron chi connectivity index (χ1n) is 8.85. The third-order valence-electron chi connectivity index (χ3n) is 4.48. The maximum atomic E-state index is 12.6. The van der Waals surface area contributed by atoms with E-state index in [1.165, 1.54) is 10.4 Å². The lowest BCUT2D eigenvalue weighted by Gasteiger charge is -2.33. The highest BCUT2D eigenvalue weighted by Gasteiger charge is 2.31. The lowest BCUT2D eigenvalue weighted by atomic mass is 10.2. The molecule has 0 radical (unpaired) electrons. The molecule has 29 heavy (non-hydrogen) atoms. The number of carbonyl (C=O) groups is 2. The van der Waals surface area contributed by atoms with E-state index in [4.69, 9.17) is 23.2 Å². The van der Waals surface area contributed by atoms with E-state index in [9.17, 15) is 18.0 Å². The Bertz CT molecular complexity index is 1000. The lowest BCUT2D eigenvalue weighted by molar-refractivity contribution is -0.132. The summed E-state index contributed by atoms with van der Waals surface area (Å²) in [4.78, 5) is 26.1. The number of hydrogen-bond acceptors (Lipinski definition) is 5. The van der Waals surface area contributed by atoms with Crippen molar-refractivity contribution < 1.29 is 18.0 Å². The molecule has 1 saturated heterocycles. The van der Waals surface area contributed by atoms with Crippen molar-refractivity contribution in [3.8, 4) is 0 Å². The Morgan fingerprint density at radius 1 is 1.03 bits per heavy atom. The lowest BCUT2D eigenvalue weighted by Crippen LogP contribution is -2.50. The Balaban J connectivity index is 1.47. The molecule has 156 valence electrons. The first kappa shape index (κ1) is 22.0. The van der Waals surface area contributed by atoms with Crippen LogP contribution in [0.2, 0.25) is 9.36 Å². The van der Waals surface area contributed by atoms with Crippen LogP contribution in [0.4, 0.5) is 0 Å².